The number of nitrogens with zero attached hydrogens (tertiary/aromatic N) is 2. The average Bonchev–Trinajstić information content (AvgIpc) is 3.60. The van der Waals surface area contributed by atoms with Crippen LogP contribution in [-0.4, -0.2) is 35.8 Å². The van der Waals surface area contributed by atoms with E-state index in [0.717, 1.165) is 42.8 Å². The first-order valence-electron chi connectivity index (χ1n) is 11.7. The third kappa shape index (κ3) is 4.96. The Hall–Kier alpha value is -3.12. The van der Waals surface area contributed by atoms with Crippen LogP contribution in [0.1, 0.15) is 34.4 Å². The van der Waals surface area contributed by atoms with Crippen molar-refractivity contribution in [2.75, 3.05) is 18.0 Å². The number of hydrogen-bond acceptors (Lipinski definition) is 4. The second kappa shape index (κ2) is 9.79. The van der Waals surface area contributed by atoms with Crippen LogP contribution < -0.4 is 10.2 Å². The molecule has 3 aromatic rings. The number of para-hydroxylation sites is 1. The van der Waals surface area contributed by atoms with Crippen molar-refractivity contribution in [2.45, 2.75) is 44.8 Å². The topological polar surface area (TPSA) is 52.7 Å². The largest absolute Gasteiger partial charge is 0.367 e. The number of amides is 2. The molecule has 0 bridgehead atoms. The lowest BCUT2D eigenvalue weighted by Gasteiger charge is -2.24. The molecule has 33 heavy (non-hydrogen) atoms. The van der Waals surface area contributed by atoms with Gasteiger partial charge >= 0.3 is 0 Å². The van der Waals surface area contributed by atoms with Crippen LogP contribution in [0.4, 0.5) is 5.69 Å². The van der Waals surface area contributed by atoms with Crippen LogP contribution in [0.2, 0.25) is 0 Å². The van der Waals surface area contributed by atoms with Crippen molar-refractivity contribution < 1.29 is 9.59 Å². The maximum absolute atomic E-state index is 12.8. The third-order valence-electron chi connectivity index (χ3n) is 6.63. The molecule has 2 aliphatic heterocycles. The lowest BCUT2D eigenvalue weighted by Crippen LogP contribution is -2.46. The van der Waals surface area contributed by atoms with Crippen molar-refractivity contribution >= 4 is 28.8 Å². The Balaban J connectivity index is 1.13. The van der Waals surface area contributed by atoms with Gasteiger partial charge < -0.3 is 15.1 Å². The maximum Gasteiger partial charge on any atom is 0.243 e. The van der Waals surface area contributed by atoms with E-state index in [9.17, 15) is 9.59 Å². The molecule has 2 aromatic carbocycles. The van der Waals surface area contributed by atoms with E-state index in [4.69, 9.17) is 0 Å². The van der Waals surface area contributed by atoms with Crippen molar-refractivity contribution in [1.82, 2.24) is 10.2 Å². The number of hydrogen-bond donors (Lipinski definition) is 1. The number of anilines is 1. The summed E-state index contributed by atoms with van der Waals surface area (Å²) in [5.74, 6) is -0.00674. The van der Waals surface area contributed by atoms with Crippen molar-refractivity contribution in [1.29, 1.82) is 0 Å². The van der Waals surface area contributed by atoms with E-state index < -0.39 is 0 Å². The molecule has 0 radical (unpaired) electrons. The molecule has 3 heterocycles. The van der Waals surface area contributed by atoms with Gasteiger partial charge in [-0.25, -0.2) is 0 Å². The Bertz CT molecular complexity index is 1110. The number of rotatable bonds is 7. The molecule has 0 saturated carbocycles. The first-order chi connectivity index (χ1) is 16.2. The summed E-state index contributed by atoms with van der Waals surface area (Å²) >= 11 is 1.58. The summed E-state index contributed by atoms with van der Waals surface area (Å²) in [5.41, 5.74) is 5.10. The molecule has 1 saturated heterocycles. The minimum atomic E-state index is -0.355. The number of nitrogens with one attached hydrogen (secondary N) is 1. The molecule has 170 valence electrons. The predicted molar refractivity (Wildman–Crippen MR) is 132 cm³/mol. The standard InChI is InChI=1S/C27H29N3O2S/c31-26(17-23-6-4-16-33-23)30-14-3-8-25(30)27(32)28-18-20-9-11-21(12-10-20)19-29-15-13-22-5-1-2-7-24(22)29/h1-2,4-7,9-12,16,25H,3,8,13-15,17-19H2,(H,28,32). The second-order valence-corrected chi connectivity index (χ2v) is 9.87. The van der Waals surface area contributed by atoms with Gasteiger partial charge in [-0.15, -0.1) is 11.3 Å². The van der Waals surface area contributed by atoms with Crippen LogP contribution in [0.15, 0.2) is 66.0 Å². The Labute approximate surface area is 199 Å². The highest BCUT2D eigenvalue weighted by Gasteiger charge is 2.33. The summed E-state index contributed by atoms with van der Waals surface area (Å²) in [5, 5.41) is 5.03. The summed E-state index contributed by atoms with van der Waals surface area (Å²) in [6.45, 7) is 3.10. The van der Waals surface area contributed by atoms with Gasteiger partial charge in [0.25, 0.3) is 0 Å². The maximum atomic E-state index is 12.8. The molecule has 1 aromatic heterocycles. The average molecular weight is 460 g/mol. The second-order valence-electron chi connectivity index (χ2n) is 8.84. The van der Waals surface area contributed by atoms with Crippen LogP contribution >= 0.6 is 11.3 Å². The van der Waals surface area contributed by atoms with Crippen molar-refractivity contribution in [3.63, 3.8) is 0 Å². The Morgan fingerprint density at radius 2 is 1.79 bits per heavy atom. The first-order valence-corrected chi connectivity index (χ1v) is 12.6. The fourth-order valence-corrected chi connectivity index (χ4v) is 5.56. The van der Waals surface area contributed by atoms with Crippen molar-refractivity contribution in [2.24, 2.45) is 0 Å². The predicted octanol–water partition coefficient (Wildman–Crippen LogP) is 4.16. The van der Waals surface area contributed by atoms with Crippen LogP contribution in [0.25, 0.3) is 0 Å². The van der Waals surface area contributed by atoms with Crippen LogP contribution in [-0.2, 0) is 35.5 Å². The Morgan fingerprint density at radius 1 is 0.970 bits per heavy atom. The number of carbonyl (C=O) groups excluding carboxylic acids is 2. The zero-order valence-electron chi connectivity index (χ0n) is 18.7. The van der Waals surface area contributed by atoms with Crippen LogP contribution in [0.3, 0.4) is 0 Å². The van der Waals surface area contributed by atoms with Crippen molar-refractivity contribution in [3.05, 3.63) is 87.6 Å². The summed E-state index contributed by atoms with van der Waals surface area (Å²) in [6, 6.07) is 20.7. The lowest BCUT2D eigenvalue weighted by molar-refractivity contribution is -0.138. The van der Waals surface area contributed by atoms with Crippen LogP contribution in [0.5, 0.6) is 0 Å². The van der Waals surface area contributed by atoms with Gasteiger partial charge in [0.15, 0.2) is 0 Å². The molecule has 1 unspecified atom stereocenters. The Kier molecular flexibility index (Phi) is 6.44. The summed E-state index contributed by atoms with van der Waals surface area (Å²) < 4.78 is 0. The van der Waals surface area contributed by atoms with E-state index >= 15 is 0 Å². The number of likely N-dealkylation sites (tertiary alicyclic amines) is 1. The molecule has 1 N–H and O–H groups in total. The van der Waals surface area contributed by atoms with E-state index in [1.165, 1.54) is 16.8 Å². The lowest BCUT2D eigenvalue weighted by atomic mass is 10.1. The highest BCUT2D eigenvalue weighted by atomic mass is 32.1. The number of fused-ring (bicyclic) bond motifs is 1. The van der Waals surface area contributed by atoms with Gasteiger partial charge in [0.05, 0.1) is 6.42 Å². The van der Waals surface area contributed by atoms with E-state index in [0.29, 0.717) is 19.5 Å². The first kappa shape index (κ1) is 21.7. The normalized spacial score (nSPS) is 17.3. The molecule has 2 aliphatic rings. The van der Waals surface area contributed by atoms with E-state index in [-0.39, 0.29) is 17.9 Å². The highest BCUT2D eigenvalue weighted by Crippen LogP contribution is 2.28. The highest BCUT2D eigenvalue weighted by molar-refractivity contribution is 7.10. The molecule has 1 atom stereocenters. The molecule has 5 nitrogen and oxygen atoms in total. The number of carbonyl (C=O) groups is 2. The minimum absolute atomic E-state index is 0.0444. The van der Waals surface area contributed by atoms with E-state index in [1.54, 1.807) is 16.2 Å². The summed E-state index contributed by atoms with van der Waals surface area (Å²) in [4.78, 5) is 30.8. The van der Waals surface area contributed by atoms with Gasteiger partial charge in [-0.05, 0) is 53.5 Å². The van der Waals surface area contributed by atoms with Gasteiger partial charge in [0.1, 0.15) is 6.04 Å². The van der Waals surface area contributed by atoms with E-state index in [2.05, 4.69) is 58.7 Å². The number of thiophene rings is 1. The smallest absolute Gasteiger partial charge is 0.243 e. The molecular weight excluding hydrogens is 430 g/mol. The summed E-state index contributed by atoms with van der Waals surface area (Å²) in [7, 11) is 0. The van der Waals surface area contributed by atoms with E-state index in [1.807, 2.05) is 17.5 Å². The molecule has 6 heteroatoms. The minimum Gasteiger partial charge on any atom is -0.367 e. The zero-order chi connectivity index (χ0) is 22.6. The molecule has 2 amide bonds. The fourth-order valence-electron chi connectivity index (χ4n) is 4.86. The monoisotopic (exact) mass is 459 g/mol. The van der Waals surface area contributed by atoms with Gasteiger partial charge in [-0.3, -0.25) is 9.59 Å². The molecule has 1 fully saturated rings. The van der Waals surface area contributed by atoms with Gasteiger partial charge in [0, 0.05) is 36.7 Å². The zero-order valence-corrected chi connectivity index (χ0v) is 19.5. The van der Waals surface area contributed by atoms with Gasteiger partial charge in [-0.1, -0.05) is 48.5 Å². The number of benzene rings is 2. The van der Waals surface area contributed by atoms with Crippen molar-refractivity contribution in [3.8, 4) is 0 Å². The summed E-state index contributed by atoms with van der Waals surface area (Å²) in [6.07, 6.45) is 3.10. The molecular formula is C27H29N3O2S. The quantitative estimate of drug-likeness (QED) is 0.577. The molecule has 0 aliphatic carbocycles. The fraction of sp³-hybridized carbons (Fsp3) is 0.333. The third-order valence-corrected chi connectivity index (χ3v) is 7.50. The van der Waals surface area contributed by atoms with Gasteiger partial charge in [0.2, 0.25) is 11.8 Å². The SMILES string of the molecule is O=C(NCc1ccc(CN2CCc3ccccc32)cc1)C1CCCN1C(=O)Cc1cccs1. The van der Waals surface area contributed by atoms with Gasteiger partial charge in [-0.2, -0.15) is 0 Å². The molecule has 5 rings (SSSR count). The molecule has 0 spiro atoms. The Morgan fingerprint density at radius 3 is 2.61 bits per heavy atom. The van der Waals surface area contributed by atoms with Crippen LogP contribution in [0, 0.1) is 0 Å².